The minimum absolute atomic E-state index is 0.483. The number of pyridine rings is 2. The lowest BCUT2D eigenvalue weighted by Gasteiger charge is -2.05. The Hall–Kier alpha value is -3.67. The van der Waals surface area contributed by atoms with Crippen molar-refractivity contribution in [2.24, 2.45) is 0 Å². The SMILES string of the molecule is CCC[n+]1cccc(-c2cc(Cc3ccc(COc4ccccn4)cc3)no2)c1N. The van der Waals surface area contributed by atoms with Crippen LogP contribution in [0.15, 0.2) is 77.6 Å². The molecule has 0 atom stereocenters. The lowest BCUT2D eigenvalue weighted by Crippen LogP contribution is -2.36. The van der Waals surface area contributed by atoms with Crippen molar-refractivity contribution in [3.05, 3.63) is 89.9 Å². The van der Waals surface area contributed by atoms with E-state index >= 15 is 0 Å². The summed E-state index contributed by atoms with van der Waals surface area (Å²) in [5, 5.41) is 4.23. The largest absolute Gasteiger partial charge is 0.473 e. The van der Waals surface area contributed by atoms with Crippen LogP contribution >= 0.6 is 0 Å². The maximum atomic E-state index is 6.31. The molecule has 0 unspecified atom stereocenters. The Morgan fingerprint density at radius 1 is 1.03 bits per heavy atom. The predicted octanol–water partition coefficient (Wildman–Crippen LogP) is 4.19. The summed E-state index contributed by atoms with van der Waals surface area (Å²) in [6.45, 7) is 3.48. The molecule has 0 aliphatic heterocycles. The summed E-state index contributed by atoms with van der Waals surface area (Å²) in [7, 11) is 0. The summed E-state index contributed by atoms with van der Waals surface area (Å²) >= 11 is 0. The van der Waals surface area contributed by atoms with Crippen LogP contribution in [0.1, 0.15) is 30.2 Å². The van der Waals surface area contributed by atoms with Crippen LogP contribution in [0, 0.1) is 0 Å². The van der Waals surface area contributed by atoms with Crippen molar-refractivity contribution in [2.75, 3.05) is 5.73 Å². The third kappa shape index (κ3) is 4.66. The van der Waals surface area contributed by atoms with Crippen LogP contribution in [0.4, 0.5) is 5.82 Å². The second-order valence-corrected chi connectivity index (χ2v) is 7.13. The van der Waals surface area contributed by atoms with E-state index in [1.807, 2.05) is 47.2 Å². The molecule has 1 aromatic carbocycles. The molecule has 152 valence electrons. The Labute approximate surface area is 175 Å². The zero-order chi connectivity index (χ0) is 20.8. The monoisotopic (exact) mass is 401 g/mol. The maximum absolute atomic E-state index is 6.31. The van der Waals surface area contributed by atoms with E-state index in [9.17, 15) is 0 Å². The third-order valence-electron chi connectivity index (χ3n) is 4.84. The smallest absolute Gasteiger partial charge is 0.283 e. The van der Waals surface area contributed by atoms with Crippen molar-refractivity contribution in [2.45, 2.75) is 32.9 Å². The molecule has 6 heteroatoms. The number of aromatic nitrogens is 3. The van der Waals surface area contributed by atoms with Crippen LogP contribution in [-0.4, -0.2) is 10.1 Å². The minimum Gasteiger partial charge on any atom is -0.473 e. The molecule has 3 heterocycles. The average Bonchev–Trinajstić information content (AvgIpc) is 3.24. The number of anilines is 1. The molecule has 4 rings (SSSR count). The molecule has 6 nitrogen and oxygen atoms in total. The highest BCUT2D eigenvalue weighted by atomic mass is 16.5. The van der Waals surface area contributed by atoms with Crippen LogP contribution in [0.3, 0.4) is 0 Å². The first-order valence-electron chi connectivity index (χ1n) is 10.1. The van der Waals surface area contributed by atoms with E-state index in [1.54, 1.807) is 6.20 Å². The number of ether oxygens (including phenoxy) is 1. The zero-order valence-electron chi connectivity index (χ0n) is 17.0. The first-order valence-corrected chi connectivity index (χ1v) is 10.1. The number of aryl methyl sites for hydroxylation is 1. The third-order valence-corrected chi connectivity index (χ3v) is 4.84. The molecule has 0 fully saturated rings. The molecule has 0 aliphatic rings. The van der Waals surface area contributed by atoms with Gasteiger partial charge < -0.3 is 9.26 Å². The van der Waals surface area contributed by atoms with Gasteiger partial charge in [-0.25, -0.2) is 9.55 Å². The summed E-state index contributed by atoms with van der Waals surface area (Å²) in [5.41, 5.74) is 10.3. The topological polar surface area (TPSA) is 78.0 Å². The van der Waals surface area contributed by atoms with Gasteiger partial charge in [-0.2, -0.15) is 0 Å². The fraction of sp³-hybridized carbons (Fsp3) is 0.208. The van der Waals surface area contributed by atoms with E-state index in [0.29, 0.717) is 30.5 Å². The summed E-state index contributed by atoms with van der Waals surface area (Å²) in [6.07, 6.45) is 5.41. The van der Waals surface area contributed by atoms with E-state index < -0.39 is 0 Å². The second-order valence-electron chi connectivity index (χ2n) is 7.13. The summed E-state index contributed by atoms with van der Waals surface area (Å²) in [6, 6.07) is 19.8. The van der Waals surface area contributed by atoms with Crippen LogP contribution in [0.2, 0.25) is 0 Å². The number of hydrogen-bond donors (Lipinski definition) is 1. The molecule has 30 heavy (non-hydrogen) atoms. The fourth-order valence-electron chi connectivity index (χ4n) is 3.28. The van der Waals surface area contributed by atoms with Gasteiger partial charge in [0.1, 0.15) is 12.2 Å². The molecule has 2 N–H and O–H groups in total. The highest BCUT2D eigenvalue weighted by molar-refractivity contribution is 5.67. The Morgan fingerprint density at radius 2 is 1.87 bits per heavy atom. The zero-order valence-corrected chi connectivity index (χ0v) is 17.0. The van der Waals surface area contributed by atoms with E-state index in [-0.39, 0.29) is 0 Å². The van der Waals surface area contributed by atoms with Crippen molar-refractivity contribution in [3.63, 3.8) is 0 Å². The number of rotatable bonds is 8. The Kier molecular flexibility index (Phi) is 6.03. The van der Waals surface area contributed by atoms with Gasteiger partial charge in [-0.1, -0.05) is 42.4 Å². The van der Waals surface area contributed by atoms with Crippen LogP contribution in [0.5, 0.6) is 5.88 Å². The maximum Gasteiger partial charge on any atom is 0.283 e. The molecule has 0 spiro atoms. The van der Waals surface area contributed by atoms with Crippen molar-refractivity contribution in [1.82, 2.24) is 10.1 Å². The van der Waals surface area contributed by atoms with Gasteiger partial charge in [0.05, 0.1) is 18.4 Å². The summed E-state index contributed by atoms with van der Waals surface area (Å²) in [4.78, 5) is 4.16. The molecular weight excluding hydrogens is 376 g/mol. The Morgan fingerprint density at radius 3 is 2.63 bits per heavy atom. The van der Waals surface area contributed by atoms with Gasteiger partial charge in [-0.3, -0.25) is 5.73 Å². The first kappa shape index (κ1) is 19.6. The van der Waals surface area contributed by atoms with E-state index in [2.05, 4.69) is 41.3 Å². The normalized spacial score (nSPS) is 10.8. The molecule has 0 bridgehead atoms. The number of benzene rings is 1. The van der Waals surface area contributed by atoms with Crippen LogP contribution < -0.4 is 15.0 Å². The highest BCUT2D eigenvalue weighted by Gasteiger charge is 2.16. The van der Waals surface area contributed by atoms with Crippen LogP contribution in [-0.2, 0) is 19.6 Å². The van der Waals surface area contributed by atoms with Crippen molar-refractivity contribution >= 4 is 5.82 Å². The molecule has 0 saturated heterocycles. The highest BCUT2D eigenvalue weighted by Crippen LogP contribution is 2.25. The van der Waals surface area contributed by atoms with Gasteiger partial charge in [0, 0.05) is 24.8 Å². The van der Waals surface area contributed by atoms with E-state index in [0.717, 1.165) is 35.3 Å². The summed E-state index contributed by atoms with van der Waals surface area (Å²) < 4.78 is 13.3. The number of nitrogens with zero attached hydrogens (tertiary/aromatic N) is 3. The first-order chi connectivity index (χ1) is 14.7. The van der Waals surface area contributed by atoms with E-state index in [1.165, 1.54) is 0 Å². The van der Waals surface area contributed by atoms with Crippen molar-refractivity contribution < 1.29 is 13.8 Å². The standard InChI is InChI=1S/C24H24N4O2/c1-2-13-28-14-5-6-21(24(28)25)22-16-20(27-30-22)15-18-8-10-19(11-9-18)17-29-23-7-3-4-12-26-23/h3-12,14,16,25H,2,13,15,17H2,1H3/p+1. The molecule has 4 aromatic rings. The average molecular weight is 401 g/mol. The number of nitrogen functional groups attached to an aromatic ring is 1. The number of hydrogen-bond acceptors (Lipinski definition) is 5. The molecule has 3 aromatic heterocycles. The molecule has 0 amide bonds. The Balaban J connectivity index is 1.41. The van der Waals surface area contributed by atoms with Gasteiger partial charge >= 0.3 is 0 Å². The van der Waals surface area contributed by atoms with Gasteiger partial charge in [-0.15, -0.1) is 0 Å². The van der Waals surface area contributed by atoms with Crippen molar-refractivity contribution in [1.29, 1.82) is 0 Å². The molecule has 0 aliphatic carbocycles. The quantitative estimate of drug-likeness (QED) is 0.448. The number of nitrogens with two attached hydrogens (primary N) is 1. The van der Waals surface area contributed by atoms with Gasteiger partial charge in [-0.05, 0) is 35.7 Å². The fourth-order valence-corrected chi connectivity index (χ4v) is 3.28. The van der Waals surface area contributed by atoms with Gasteiger partial charge in [0.15, 0.2) is 5.76 Å². The van der Waals surface area contributed by atoms with Gasteiger partial charge in [0.25, 0.3) is 5.82 Å². The lowest BCUT2D eigenvalue weighted by molar-refractivity contribution is -0.682. The molecular formula is C24H25N4O2+. The summed E-state index contributed by atoms with van der Waals surface area (Å²) in [5.74, 6) is 2.00. The second kappa shape index (κ2) is 9.22. The van der Waals surface area contributed by atoms with E-state index in [4.69, 9.17) is 15.0 Å². The molecule has 0 radical (unpaired) electrons. The van der Waals surface area contributed by atoms with Crippen LogP contribution in [0.25, 0.3) is 11.3 Å². The van der Waals surface area contributed by atoms with Gasteiger partial charge in [0.2, 0.25) is 5.88 Å². The lowest BCUT2D eigenvalue weighted by atomic mass is 10.1. The minimum atomic E-state index is 0.483. The van der Waals surface area contributed by atoms with Crippen molar-refractivity contribution in [3.8, 4) is 17.2 Å². The predicted molar refractivity (Wildman–Crippen MR) is 115 cm³/mol. The molecule has 0 saturated carbocycles. The Bertz CT molecular complexity index is 1090.